The number of hydrogen-bond donors (Lipinski definition) is 0. The van der Waals surface area contributed by atoms with Crippen molar-refractivity contribution in [1.29, 1.82) is 0 Å². The molecule has 0 amide bonds. The molecule has 1 radical (unpaired) electrons. The lowest BCUT2D eigenvalue weighted by atomic mass is 10.1. The van der Waals surface area contributed by atoms with Crippen LogP contribution in [0.4, 0.5) is 0 Å². The Morgan fingerprint density at radius 1 is 1.46 bits per heavy atom. The predicted molar refractivity (Wildman–Crippen MR) is 52.6 cm³/mol. The van der Waals surface area contributed by atoms with Crippen molar-refractivity contribution in [2.24, 2.45) is 4.99 Å². The molecular weight excluding hydrogens is 209 g/mol. The summed E-state index contributed by atoms with van der Waals surface area (Å²) in [5.41, 5.74) is 0.888. The second kappa shape index (κ2) is 3.56. The maximum absolute atomic E-state index is 5.97. The summed E-state index contributed by atoms with van der Waals surface area (Å²) >= 11 is 11.8. The van der Waals surface area contributed by atoms with Gasteiger partial charge in [-0.3, -0.25) is 0 Å². The fourth-order valence-electron chi connectivity index (χ4n) is 1.18. The summed E-state index contributed by atoms with van der Waals surface area (Å²) < 4.78 is 4.89. The number of halogens is 2. The van der Waals surface area contributed by atoms with E-state index in [9.17, 15) is 0 Å². The Hall–Kier alpha value is -0.730. The van der Waals surface area contributed by atoms with Gasteiger partial charge in [-0.1, -0.05) is 23.2 Å². The predicted octanol–water partition coefficient (Wildman–Crippen LogP) is 2.97. The molecule has 1 aromatic carbocycles. The number of hydrogen-bond acceptors (Lipinski definition) is 2. The van der Waals surface area contributed by atoms with Gasteiger partial charge in [0.15, 0.2) is 0 Å². The lowest BCUT2D eigenvalue weighted by Crippen LogP contribution is -1.98. The first-order chi connectivity index (χ1) is 6.27. The third kappa shape index (κ3) is 1.79. The van der Waals surface area contributed by atoms with E-state index in [4.69, 9.17) is 27.9 Å². The first-order valence-electron chi connectivity index (χ1n) is 3.79. The van der Waals surface area contributed by atoms with Crippen molar-refractivity contribution >= 4 is 29.6 Å². The third-order valence-electron chi connectivity index (χ3n) is 1.83. The van der Waals surface area contributed by atoms with Gasteiger partial charge in [-0.2, -0.15) is 0 Å². The normalized spacial score (nSPS) is 20.3. The van der Waals surface area contributed by atoms with Crippen LogP contribution in [0.2, 0.25) is 10.0 Å². The number of ether oxygens (including phenoxy) is 1. The molecule has 0 spiro atoms. The summed E-state index contributed by atoms with van der Waals surface area (Å²) in [6, 6.07) is 5.24. The maximum Gasteiger partial charge on any atom is 0.273 e. The minimum absolute atomic E-state index is 0.0637. The van der Waals surface area contributed by atoms with E-state index in [2.05, 4.69) is 11.4 Å². The molecule has 0 fully saturated rings. The minimum atomic E-state index is -0.0637. The number of aliphatic imine (C=N–C) groups is 1. The van der Waals surface area contributed by atoms with Crippen LogP contribution in [0, 0.1) is 0 Å². The second-order valence-electron chi connectivity index (χ2n) is 2.71. The highest BCUT2D eigenvalue weighted by Gasteiger charge is 2.18. The summed E-state index contributed by atoms with van der Waals surface area (Å²) in [5, 5.41) is 1.31. The van der Waals surface area contributed by atoms with Crippen LogP contribution in [0.15, 0.2) is 23.2 Å². The van der Waals surface area contributed by atoms with Crippen molar-refractivity contribution in [3.05, 3.63) is 33.8 Å². The van der Waals surface area contributed by atoms with Gasteiger partial charge in [-0.15, -0.1) is 0 Å². The largest absolute Gasteiger partial charge is 0.471 e. The van der Waals surface area contributed by atoms with E-state index in [-0.39, 0.29) is 6.04 Å². The average molecular weight is 215 g/mol. The Morgan fingerprint density at radius 2 is 2.31 bits per heavy atom. The highest BCUT2D eigenvalue weighted by molar-refractivity contribution is 6.33. The molecule has 0 saturated heterocycles. The number of nitrogens with zero attached hydrogens (tertiary/aromatic N) is 1. The SMILES string of the molecule is Clc1ccc(Cl)c(C2CO[C]=N2)c1. The molecular formula is C9H6Cl2NO. The van der Waals surface area contributed by atoms with Gasteiger partial charge in [0.25, 0.3) is 6.40 Å². The molecule has 1 unspecified atom stereocenters. The molecule has 0 aromatic heterocycles. The van der Waals surface area contributed by atoms with Crippen LogP contribution in [-0.4, -0.2) is 13.0 Å². The molecule has 1 aliphatic heterocycles. The van der Waals surface area contributed by atoms with E-state index in [0.29, 0.717) is 16.7 Å². The van der Waals surface area contributed by atoms with E-state index in [1.165, 1.54) is 0 Å². The standard InChI is InChI=1S/C9H6Cl2NO/c10-6-1-2-8(11)7(3-6)9-4-13-5-12-9/h1-3,9H,4H2. The van der Waals surface area contributed by atoms with Gasteiger partial charge in [0.2, 0.25) is 0 Å². The van der Waals surface area contributed by atoms with Crippen molar-refractivity contribution in [2.75, 3.05) is 6.61 Å². The van der Waals surface area contributed by atoms with Gasteiger partial charge in [-0.05, 0) is 18.2 Å². The molecule has 1 atom stereocenters. The number of benzene rings is 1. The molecule has 2 nitrogen and oxygen atoms in total. The Morgan fingerprint density at radius 3 is 3.00 bits per heavy atom. The molecule has 2 rings (SSSR count). The molecule has 0 aliphatic carbocycles. The van der Waals surface area contributed by atoms with Crippen LogP contribution in [0.3, 0.4) is 0 Å². The highest BCUT2D eigenvalue weighted by Crippen LogP contribution is 2.30. The fraction of sp³-hybridized carbons (Fsp3) is 0.222. The van der Waals surface area contributed by atoms with Gasteiger partial charge in [-0.25, -0.2) is 4.99 Å². The zero-order valence-corrected chi connectivity index (χ0v) is 8.14. The zero-order valence-electron chi connectivity index (χ0n) is 6.63. The van der Waals surface area contributed by atoms with E-state index >= 15 is 0 Å². The zero-order chi connectivity index (χ0) is 9.26. The van der Waals surface area contributed by atoms with Crippen molar-refractivity contribution in [2.45, 2.75) is 6.04 Å². The van der Waals surface area contributed by atoms with Gasteiger partial charge in [0.1, 0.15) is 12.6 Å². The van der Waals surface area contributed by atoms with Crippen LogP contribution >= 0.6 is 23.2 Å². The molecule has 13 heavy (non-hydrogen) atoms. The Kier molecular flexibility index (Phi) is 2.42. The quantitative estimate of drug-likeness (QED) is 0.705. The summed E-state index contributed by atoms with van der Waals surface area (Å²) in [5.74, 6) is 0. The van der Waals surface area contributed by atoms with Crippen molar-refractivity contribution in [3.8, 4) is 0 Å². The minimum Gasteiger partial charge on any atom is -0.471 e. The molecule has 1 aliphatic rings. The van der Waals surface area contributed by atoms with Crippen LogP contribution in [0.25, 0.3) is 0 Å². The summed E-state index contributed by atoms with van der Waals surface area (Å²) in [7, 11) is 0. The molecule has 0 saturated carbocycles. The van der Waals surface area contributed by atoms with Crippen molar-refractivity contribution < 1.29 is 4.74 Å². The summed E-state index contributed by atoms with van der Waals surface area (Å²) in [6.45, 7) is 0.486. The fourth-order valence-corrected chi connectivity index (χ4v) is 1.61. The topological polar surface area (TPSA) is 21.6 Å². The first kappa shape index (κ1) is 8.85. The van der Waals surface area contributed by atoms with Gasteiger partial charge < -0.3 is 4.74 Å². The first-order valence-corrected chi connectivity index (χ1v) is 4.54. The van der Waals surface area contributed by atoms with Gasteiger partial charge in [0, 0.05) is 15.6 Å². The Labute approximate surface area is 86.1 Å². The molecule has 0 bridgehead atoms. The van der Waals surface area contributed by atoms with Crippen LogP contribution in [0.5, 0.6) is 0 Å². The van der Waals surface area contributed by atoms with E-state index in [1.807, 2.05) is 0 Å². The Balaban J connectivity index is 2.37. The van der Waals surface area contributed by atoms with Crippen molar-refractivity contribution in [1.82, 2.24) is 0 Å². The molecule has 0 N–H and O–H groups in total. The Bertz CT molecular complexity index is 351. The lowest BCUT2D eigenvalue weighted by molar-refractivity contribution is 0.330. The third-order valence-corrected chi connectivity index (χ3v) is 2.41. The van der Waals surface area contributed by atoms with Crippen LogP contribution < -0.4 is 0 Å². The van der Waals surface area contributed by atoms with E-state index in [1.54, 1.807) is 18.2 Å². The second-order valence-corrected chi connectivity index (χ2v) is 3.56. The lowest BCUT2D eigenvalue weighted by Gasteiger charge is -2.07. The van der Waals surface area contributed by atoms with E-state index in [0.717, 1.165) is 5.56 Å². The summed E-state index contributed by atoms with van der Waals surface area (Å²) in [6.07, 6.45) is 2.44. The van der Waals surface area contributed by atoms with E-state index < -0.39 is 0 Å². The molecule has 67 valence electrons. The monoisotopic (exact) mass is 214 g/mol. The van der Waals surface area contributed by atoms with Gasteiger partial charge >= 0.3 is 0 Å². The van der Waals surface area contributed by atoms with Crippen LogP contribution in [0.1, 0.15) is 11.6 Å². The molecule has 1 heterocycles. The van der Waals surface area contributed by atoms with Gasteiger partial charge in [0.05, 0.1) is 0 Å². The smallest absolute Gasteiger partial charge is 0.273 e. The van der Waals surface area contributed by atoms with Crippen molar-refractivity contribution in [3.63, 3.8) is 0 Å². The van der Waals surface area contributed by atoms with Crippen LogP contribution in [-0.2, 0) is 4.74 Å². The highest BCUT2D eigenvalue weighted by atomic mass is 35.5. The average Bonchev–Trinajstić information content (AvgIpc) is 2.61. The molecule has 1 aromatic rings. The number of rotatable bonds is 1. The summed E-state index contributed by atoms with van der Waals surface area (Å²) in [4.78, 5) is 3.99. The molecule has 4 heteroatoms. The maximum atomic E-state index is 5.97.